The standard InChI is InChI=1S/C18H25ClN2O7S/c19-14-3-1-13(2-4-14)11-28-15-5-8-20(9-6-15)29(25,26)17-7-10-27-12-16(17)18(22)21(23)24/h1-4,15-17,23-24H,5-12H2. The Balaban J connectivity index is 1.57. The van der Waals surface area contributed by atoms with Gasteiger partial charge in [0, 0.05) is 24.7 Å². The highest BCUT2D eigenvalue weighted by Gasteiger charge is 2.45. The molecule has 3 rings (SSSR count). The number of carbonyl (C=O) groups excluding carboxylic acids is 1. The molecule has 0 radical (unpaired) electrons. The third kappa shape index (κ3) is 5.46. The first-order valence-electron chi connectivity index (χ1n) is 9.43. The van der Waals surface area contributed by atoms with E-state index < -0.39 is 32.3 Å². The molecule has 11 heteroatoms. The second kappa shape index (κ2) is 9.69. The molecule has 2 aliphatic rings. The van der Waals surface area contributed by atoms with Crippen LogP contribution >= 0.6 is 11.6 Å². The molecule has 2 atom stereocenters. The summed E-state index contributed by atoms with van der Waals surface area (Å²) in [5, 5.41) is 17.1. The van der Waals surface area contributed by atoms with E-state index in [1.54, 1.807) is 12.1 Å². The molecular weight excluding hydrogens is 424 g/mol. The van der Waals surface area contributed by atoms with Crippen molar-refractivity contribution in [2.45, 2.75) is 37.2 Å². The van der Waals surface area contributed by atoms with E-state index in [0.717, 1.165) is 5.56 Å². The van der Waals surface area contributed by atoms with Crippen LogP contribution in [0.4, 0.5) is 0 Å². The molecule has 2 N–H and O–H groups in total. The zero-order valence-electron chi connectivity index (χ0n) is 15.8. The van der Waals surface area contributed by atoms with Crippen LogP contribution in [0.5, 0.6) is 0 Å². The summed E-state index contributed by atoms with van der Waals surface area (Å²) >= 11 is 5.87. The fourth-order valence-corrected chi connectivity index (χ4v) is 5.93. The van der Waals surface area contributed by atoms with Crippen LogP contribution in [0.3, 0.4) is 0 Å². The number of amides is 1. The van der Waals surface area contributed by atoms with Crippen molar-refractivity contribution in [2.75, 3.05) is 26.3 Å². The van der Waals surface area contributed by atoms with Crippen LogP contribution in [0, 0.1) is 5.92 Å². The van der Waals surface area contributed by atoms with Gasteiger partial charge in [0.1, 0.15) is 0 Å². The molecule has 0 saturated carbocycles. The molecule has 2 unspecified atom stereocenters. The second-order valence-electron chi connectivity index (χ2n) is 7.22. The summed E-state index contributed by atoms with van der Waals surface area (Å²) in [5.74, 6) is -2.23. The zero-order valence-corrected chi connectivity index (χ0v) is 17.4. The van der Waals surface area contributed by atoms with Crippen molar-refractivity contribution in [3.8, 4) is 0 Å². The molecule has 2 saturated heterocycles. The Morgan fingerprint density at radius 2 is 1.86 bits per heavy atom. The fraction of sp³-hybridized carbons (Fsp3) is 0.611. The van der Waals surface area contributed by atoms with E-state index in [0.29, 0.717) is 24.5 Å². The van der Waals surface area contributed by atoms with Gasteiger partial charge in [0.05, 0.1) is 30.5 Å². The highest BCUT2D eigenvalue weighted by Crippen LogP contribution is 2.29. The average molecular weight is 449 g/mol. The number of rotatable bonds is 6. The van der Waals surface area contributed by atoms with E-state index in [1.807, 2.05) is 12.1 Å². The van der Waals surface area contributed by atoms with Gasteiger partial charge in [-0.3, -0.25) is 15.2 Å². The van der Waals surface area contributed by atoms with E-state index in [4.69, 9.17) is 31.5 Å². The van der Waals surface area contributed by atoms with Crippen molar-refractivity contribution in [1.29, 1.82) is 0 Å². The fourth-order valence-electron chi connectivity index (χ4n) is 3.69. The van der Waals surface area contributed by atoms with Crippen LogP contribution in [0.1, 0.15) is 24.8 Å². The van der Waals surface area contributed by atoms with Gasteiger partial charge in [0.2, 0.25) is 10.0 Å². The number of halogens is 1. The number of piperidine rings is 1. The van der Waals surface area contributed by atoms with E-state index in [1.165, 1.54) is 4.31 Å². The number of nitrogens with zero attached hydrogens (tertiary/aromatic N) is 2. The number of benzene rings is 1. The summed E-state index contributed by atoms with van der Waals surface area (Å²) in [6.45, 7) is 1.03. The third-order valence-corrected chi connectivity index (χ3v) is 8.02. The lowest BCUT2D eigenvalue weighted by atomic mass is 10.0. The Morgan fingerprint density at radius 1 is 1.21 bits per heavy atom. The SMILES string of the molecule is O=C(C1COCCC1S(=O)(=O)N1CCC(OCc2ccc(Cl)cc2)CC1)N(O)O. The van der Waals surface area contributed by atoms with Gasteiger partial charge in [0.25, 0.3) is 5.91 Å². The second-order valence-corrected chi connectivity index (χ2v) is 9.81. The lowest BCUT2D eigenvalue weighted by molar-refractivity contribution is -0.289. The topological polar surface area (TPSA) is 117 Å². The van der Waals surface area contributed by atoms with Gasteiger partial charge in [-0.15, -0.1) is 0 Å². The lowest BCUT2D eigenvalue weighted by Crippen LogP contribution is -2.53. The van der Waals surface area contributed by atoms with E-state index in [2.05, 4.69) is 0 Å². The number of hydrogen-bond donors (Lipinski definition) is 2. The molecule has 0 aliphatic carbocycles. The largest absolute Gasteiger partial charge is 0.381 e. The van der Waals surface area contributed by atoms with Gasteiger partial charge in [0.15, 0.2) is 0 Å². The normalized spacial score (nSPS) is 24.4. The van der Waals surface area contributed by atoms with Crippen molar-refractivity contribution >= 4 is 27.5 Å². The van der Waals surface area contributed by atoms with Crippen molar-refractivity contribution in [3.63, 3.8) is 0 Å². The molecule has 0 spiro atoms. The summed E-state index contributed by atoms with van der Waals surface area (Å²) in [6, 6.07) is 7.35. The number of carbonyl (C=O) groups is 1. The van der Waals surface area contributed by atoms with Crippen molar-refractivity contribution in [1.82, 2.24) is 9.53 Å². The van der Waals surface area contributed by atoms with Crippen molar-refractivity contribution < 1.29 is 33.1 Å². The van der Waals surface area contributed by atoms with Gasteiger partial charge < -0.3 is 9.47 Å². The minimum Gasteiger partial charge on any atom is -0.381 e. The van der Waals surface area contributed by atoms with E-state index in [9.17, 15) is 13.2 Å². The van der Waals surface area contributed by atoms with E-state index >= 15 is 0 Å². The monoisotopic (exact) mass is 448 g/mol. The van der Waals surface area contributed by atoms with Crippen LogP contribution in [0.15, 0.2) is 24.3 Å². The Morgan fingerprint density at radius 3 is 2.48 bits per heavy atom. The molecule has 2 heterocycles. The first-order chi connectivity index (χ1) is 13.8. The van der Waals surface area contributed by atoms with Crippen LogP contribution in [0.2, 0.25) is 5.02 Å². The smallest absolute Gasteiger partial charge is 0.279 e. The maximum atomic E-state index is 13.1. The maximum Gasteiger partial charge on any atom is 0.279 e. The Hall–Kier alpha value is -1.27. The van der Waals surface area contributed by atoms with E-state index in [-0.39, 0.29) is 38.8 Å². The average Bonchev–Trinajstić information content (AvgIpc) is 2.73. The molecule has 1 aromatic rings. The van der Waals surface area contributed by atoms with Gasteiger partial charge in [-0.25, -0.2) is 12.7 Å². The van der Waals surface area contributed by atoms with Crippen LogP contribution < -0.4 is 0 Å². The molecule has 2 aliphatic heterocycles. The molecule has 0 aromatic heterocycles. The predicted molar refractivity (Wildman–Crippen MR) is 103 cm³/mol. The summed E-state index contributed by atoms with van der Waals surface area (Å²) in [4.78, 5) is 12.0. The Labute approximate surface area is 174 Å². The minimum atomic E-state index is -3.79. The van der Waals surface area contributed by atoms with Crippen molar-refractivity contribution in [2.24, 2.45) is 5.92 Å². The molecule has 0 bridgehead atoms. The molecule has 1 amide bonds. The van der Waals surface area contributed by atoms with Gasteiger partial charge in [-0.1, -0.05) is 29.0 Å². The van der Waals surface area contributed by atoms with Gasteiger partial charge in [-0.05, 0) is 37.0 Å². The lowest BCUT2D eigenvalue weighted by Gasteiger charge is -2.37. The number of hydroxylamine groups is 2. The molecule has 2 fully saturated rings. The predicted octanol–water partition coefficient (Wildman–Crippen LogP) is 1.66. The van der Waals surface area contributed by atoms with Gasteiger partial charge in [-0.2, -0.15) is 0 Å². The van der Waals surface area contributed by atoms with Gasteiger partial charge >= 0.3 is 0 Å². The molecule has 1 aromatic carbocycles. The zero-order chi connectivity index (χ0) is 21.0. The number of hydrogen-bond acceptors (Lipinski definition) is 7. The molecule has 162 valence electrons. The number of ether oxygens (including phenoxy) is 2. The van der Waals surface area contributed by atoms with Crippen LogP contribution in [-0.2, 0) is 30.9 Å². The third-order valence-electron chi connectivity index (χ3n) is 5.35. The maximum absolute atomic E-state index is 13.1. The first-order valence-corrected chi connectivity index (χ1v) is 11.3. The molecular formula is C18H25ClN2O7S. The Kier molecular flexibility index (Phi) is 7.49. The van der Waals surface area contributed by atoms with Crippen molar-refractivity contribution in [3.05, 3.63) is 34.9 Å². The Bertz CT molecular complexity index is 795. The summed E-state index contributed by atoms with van der Waals surface area (Å²) < 4.78 is 38.6. The highest BCUT2D eigenvalue weighted by molar-refractivity contribution is 7.89. The molecule has 9 nitrogen and oxygen atoms in total. The van der Waals surface area contributed by atoms with Crippen LogP contribution in [-0.4, -0.2) is 71.9 Å². The summed E-state index contributed by atoms with van der Waals surface area (Å²) in [7, 11) is -3.79. The first kappa shape index (κ1) is 22.4. The molecule has 29 heavy (non-hydrogen) atoms. The number of sulfonamides is 1. The summed E-state index contributed by atoms with van der Waals surface area (Å²) in [5.41, 5.74) is 0.991. The summed E-state index contributed by atoms with van der Waals surface area (Å²) in [6.07, 6.45) is 1.15. The van der Waals surface area contributed by atoms with Crippen LogP contribution in [0.25, 0.3) is 0 Å². The highest BCUT2D eigenvalue weighted by atomic mass is 35.5. The quantitative estimate of drug-likeness (QED) is 0.502. The minimum absolute atomic E-state index is 0.0605.